The van der Waals surface area contributed by atoms with Crippen molar-refractivity contribution in [3.8, 4) is 39.4 Å². The molecular weight excluding hydrogens is 281 g/mol. The largest absolute Gasteiger partial charge is 1.00 e. The fourth-order valence-electron chi connectivity index (χ4n) is 0. The molecule has 0 saturated heterocycles. The summed E-state index contributed by atoms with van der Waals surface area (Å²) in [4.78, 5) is 0. The first-order chi connectivity index (χ1) is 6.00. The molecule has 0 aliphatic rings. The van der Waals surface area contributed by atoms with E-state index in [9.17, 15) is 0 Å². The Kier molecular flexibility index (Phi) is 90200. The van der Waals surface area contributed by atoms with Crippen molar-refractivity contribution >= 4 is 0 Å². The smallest absolute Gasteiger partial charge is 0.202 e. The van der Waals surface area contributed by atoms with Gasteiger partial charge in [-0.15, -0.1) is 0 Å². The molecular formula is C6H6FeN6Na3+3. The van der Waals surface area contributed by atoms with Gasteiger partial charge >= 0.3 is 88.7 Å². The fourth-order valence-corrected chi connectivity index (χ4v) is 0. The Labute approximate surface area is 174 Å². The monoisotopic (exact) mass is 287 g/mol. The molecule has 0 aromatic carbocycles. The third-order valence-electron chi connectivity index (χ3n) is 0. The van der Waals surface area contributed by atoms with Crippen LogP contribution < -0.4 is 88.7 Å². The molecule has 0 unspecified atom stereocenters. The van der Waals surface area contributed by atoms with Gasteiger partial charge in [0.25, 0.3) is 0 Å². The van der Waals surface area contributed by atoms with E-state index in [4.69, 9.17) is 31.6 Å². The van der Waals surface area contributed by atoms with E-state index in [1.165, 1.54) is 0 Å². The molecule has 0 aliphatic carbocycles. The van der Waals surface area contributed by atoms with Crippen molar-refractivity contribution in [1.82, 2.24) is 0 Å². The van der Waals surface area contributed by atoms with E-state index in [0.29, 0.717) is 0 Å². The second-order valence-corrected chi connectivity index (χ2v) is 0. The van der Waals surface area contributed by atoms with Gasteiger partial charge in [0.05, 0.1) is 0 Å². The number of nitriles is 6. The van der Waals surface area contributed by atoms with Crippen LogP contribution >= 0.6 is 0 Å². The molecule has 0 atom stereocenters. The van der Waals surface area contributed by atoms with Crippen LogP contribution in [0.1, 0.15) is 0 Å². The topological polar surface area (TPSA) is 143 Å². The Morgan fingerprint density at radius 1 is 0.312 bits per heavy atom. The summed E-state index contributed by atoms with van der Waals surface area (Å²) in [5, 5.41) is 39.0. The number of nitrogens with zero attached hydrogens (tertiary/aromatic N) is 6. The van der Waals surface area contributed by atoms with Gasteiger partial charge < -0.3 is 0 Å². The maximum absolute atomic E-state index is 6.50. The van der Waals surface area contributed by atoms with E-state index in [-0.39, 0.29) is 106 Å². The van der Waals surface area contributed by atoms with Gasteiger partial charge in [-0.2, -0.15) is 0 Å². The van der Waals surface area contributed by atoms with Crippen molar-refractivity contribution < 1.29 is 106 Å². The van der Waals surface area contributed by atoms with Crippen LogP contribution in [0.25, 0.3) is 0 Å². The van der Waals surface area contributed by atoms with Crippen molar-refractivity contribution in [2.45, 2.75) is 0 Å². The van der Waals surface area contributed by atoms with Crippen molar-refractivity contribution in [3.05, 3.63) is 0 Å². The average Bonchev–Trinajstić information content (AvgIpc) is 2.33. The molecule has 0 fully saturated rings. The van der Waals surface area contributed by atoms with Gasteiger partial charge in [0.1, 0.15) is 0 Å². The quantitative estimate of drug-likeness (QED) is 0.405. The van der Waals surface area contributed by atoms with Crippen molar-refractivity contribution in [2.75, 3.05) is 0 Å². The van der Waals surface area contributed by atoms with E-state index in [2.05, 4.69) is 39.4 Å². The fraction of sp³-hybridized carbons (Fsp3) is 0. The van der Waals surface area contributed by atoms with Crippen LogP contribution in [-0.2, 0) is 17.1 Å². The zero-order valence-corrected chi connectivity index (χ0v) is 16.6. The molecule has 0 aromatic rings. The molecule has 68 valence electrons. The first-order valence-corrected chi connectivity index (χ1v) is 1.55. The Bertz CT molecular complexity index is 103. The van der Waals surface area contributed by atoms with Crippen LogP contribution in [0.2, 0.25) is 0 Å². The van der Waals surface area contributed by atoms with Crippen molar-refractivity contribution in [2.24, 2.45) is 0 Å². The summed E-state index contributed by atoms with van der Waals surface area (Å²) in [6, 6.07) is 0. The van der Waals surface area contributed by atoms with E-state index in [1.807, 2.05) is 0 Å². The standard InChI is InChI=1S/6CHN.Fe.3Na/c6*1-2;;;;/h6*1H;;;;/q;;;;;;;3*+1. The van der Waals surface area contributed by atoms with Gasteiger partial charge in [-0.05, 0) is 0 Å². The van der Waals surface area contributed by atoms with Gasteiger partial charge in [0, 0.05) is 56.5 Å². The molecule has 0 aromatic heterocycles. The second kappa shape index (κ2) is 15300. The maximum Gasteiger partial charge on any atom is 1.00 e. The Hall–Kier alpha value is 0.459. The van der Waals surface area contributed by atoms with E-state index >= 15 is 0 Å². The van der Waals surface area contributed by atoms with Crippen molar-refractivity contribution in [1.29, 1.82) is 31.6 Å². The molecule has 16 heavy (non-hydrogen) atoms. The van der Waals surface area contributed by atoms with Crippen LogP contribution in [0.5, 0.6) is 0 Å². The molecule has 0 aliphatic heterocycles. The number of rotatable bonds is 0. The summed E-state index contributed by atoms with van der Waals surface area (Å²) in [5.41, 5.74) is 0. The van der Waals surface area contributed by atoms with Gasteiger partial charge in [0.15, 0.2) is 0 Å². The first-order valence-electron chi connectivity index (χ1n) is 1.55. The van der Waals surface area contributed by atoms with Crippen LogP contribution in [0, 0.1) is 71.0 Å². The summed E-state index contributed by atoms with van der Waals surface area (Å²) in [6.45, 7) is 21.0. The Balaban J connectivity index is -0.00000000321. The summed E-state index contributed by atoms with van der Waals surface area (Å²) in [7, 11) is 0. The van der Waals surface area contributed by atoms with Crippen LogP contribution in [-0.4, -0.2) is 0 Å². The minimum atomic E-state index is 0. The summed E-state index contributed by atoms with van der Waals surface area (Å²) >= 11 is 0. The van der Waals surface area contributed by atoms with Gasteiger partial charge in [-0.1, -0.05) is 0 Å². The Morgan fingerprint density at radius 2 is 0.312 bits per heavy atom. The van der Waals surface area contributed by atoms with Crippen LogP contribution in [0.3, 0.4) is 0 Å². The molecule has 10 heteroatoms. The minimum absolute atomic E-state index is 0. The number of hydrogen-bond acceptors (Lipinski definition) is 6. The molecule has 0 N–H and O–H groups in total. The summed E-state index contributed by atoms with van der Waals surface area (Å²) < 4.78 is 0. The predicted molar refractivity (Wildman–Crippen MR) is 40.0 cm³/mol. The molecule has 0 heterocycles. The first kappa shape index (κ1) is 94.3. The molecule has 0 rings (SSSR count). The van der Waals surface area contributed by atoms with Crippen LogP contribution in [0.4, 0.5) is 0 Å². The van der Waals surface area contributed by atoms with Gasteiger partial charge in [0.2, 0.25) is 0 Å². The normalized spacial score (nSPS) is 0.750. The van der Waals surface area contributed by atoms with E-state index in [0.717, 1.165) is 0 Å². The molecule has 6 nitrogen and oxygen atoms in total. The van der Waals surface area contributed by atoms with E-state index in [1.54, 1.807) is 0 Å². The third-order valence-corrected chi connectivity index (χ3v) is 0. The molecule has 0 spiro atoms. The zero-order valence-electron chi connectivity index (χ0n) is 9.50. The minimum Gasteiger partial charge on any atom is -0.202 e. The van der Waals surface area contributed by atoms with Crippen molar-refractivity contribution in [3.63, 3.8) is 0 Å². The Morgan fingerprint density at radius 3 is 0.312 bits per heavy atom. The molecule has 0 bridgehead atoms. The molecule has 0 saturated carbocycles. The third kappa shape index (κ3) is 12400. The van der Waals surface area contributed by atoms with Gasteiger partial charge in [-0.25, -0.2) is 31.6 Å². The maximum atomic E-state index is 6.50. The molecule has 0 radical (unpaired) electrons. The SMILES string of the molecule is C#N.C#N.C#N.C#N.C#N.C#N.[Fe].[Na+].[Na+].[Na+]. The summed E-state index contributed by atoms with van der Waals surface area (Å²) in [5.74, 6) is 0. The average molecular weight is 287 g/mol. The second-order valence-electron chi connectivity index (χ2n) is 0. The molecule has 0 amide bonds. The summed E-state index contributed by atoms with van der Waals surface area (Å²) in [6.07, 6.45) is 0. The van der Waals surface area contributed by atoms with Gasteiger partial charge in [-0.3, -0.25) is 0 Å². The zero-order chi connectivity index (χ0) is 12.0. The van der Waals surface area contributed by atoms with E-state index < -0.39 is 0 Å². The predicted octanol–water partition coefficient (Wildman–Crippen LogP) is -8.15. The number of hydrogen-bond donors (Lipinski definition) is 0. The van der Waals surface area contributed by atoms with Crippen LogP contribution in [0.15, 0.2) is 0 Å².